The molecular weight excluding hydrogens is 398 g/mol. The predicted octanol–water partition coefficient (Wildman–Crippen LogP) is 2.03. The number of hydrogen-bond acceptors (Lipinski definition) is 7. The minimum absolute atomic E-state index is 0.0308. The molecule has 0 bridgehead atoms. The van der Waals surface area contributed by atoms with Crippen molar-refractivity contribution >= 4 is 17.3 Å². The van der Waals surface area contributed by atoms with E-state index in [-0.39, 0.29) is 34.9 Å². The van der Waals surface area contributed by atoms with Gasteiger partial charge in [0.25, 0.3) is 5.69 Å². The molecule has 3 aliphatic heterocycles. The van der Waals surface area contributed by atoms with Gasteiger partial charge in [-0.25, -0.2) is 0 Å². The molecule has 0 radical (unpaired) electrons. The van der Waals surface area contributed by atoms with Crippen LogP contribution in [0.3, 0.4) is 0 Å². The maximum absolute atomic E-state index is 12.9. The molecule has 3 fully saturated rings. The van der Waals surface area contributed by atoms with Gasteiger partial charge in [0.05, 0.1) is 23.6 Å². The molecule has 9 heteroatoms. The van der Waals surface area contributed by atoms with Gasteiger partial charge in [0.2, 0.25) is 5.91 Å². The first-order chi connectivity index (χ1) is 15.0. The topological polar surface area (TPSA) is 92.0 Å². The molecule has 1 amide bonds. The lowest BCUT2D eigenvalue weighted by molar-refractivity contribution is -0.385. The van der Waals surface area contributed by atoms with Crippen LogP contribution in [0.5, 0.6) is 0 Å². The van der Waals surface area contributed by atoms with E-state index in [1.54, 1.807) is 30.6 Å². The Morgan fingerprint density at radius 1 is 1.16 bits per heavy atom. The second kappa shape index (κ2) is 7.90. The minimum atomic E-state index is -0.370. The summed E-state index contributed by atoms with van der Waals surface area (Å²) in [5.41, 5.74) is 1.56. The number of piperidine rings is 1. The number of hydrogen-bond donors (Lipinski definition) is 0. The summed E-state index contributed by atoms with van der Waals surface area (Å²) in [6.45, 7) is 3.55. The molecular formula is C22H25N5O4. The molecule has 1 unspecified atom stereocenters. The molecule has 0 N–H and O–H groups in total. The van der Waals surface area contributed by atoms with Crippen molar-refractivity contribution in [3.63, 3.8) is 0 Å². The first-order valence-electron chi connectivity index (χ1n) is 10.6. The maximum atomic E-state index is 12.9. The molecule has 0 aliphatic carbocycles. The van der Waals surface area contributed by atoms with Gasteiger partial charge < -0.3 is 14.5 Å². The van der Waals surface area contributed by atoms with Crippen LogP contribution in [-0.2, 0) is 16.1 Å². The second-order valence-electron chi connectivity index (χ2n) is 8.53. The molecule has 31 heavy (non-hydrogen) atoms. The Hall–Kier alpha value is -3.04. The lowest BCUT2D eigenvalue weighted by Crippen LogP contribution is -2.53. The zero-order valence-corrected chi connectivity index (χ0v) is 17.2. The van der Waals surface area contributed by atoms with Crippen LogP contribution < -0.4 is 4.90 Å². The molecule has 3 aliphatic rings. The summed E-state index contributed by atoms with van der Waals surface area (Å²) >= 11 is 0. The van der Waals surface area contributed by atoms with E-state index in [4.69, 9.17) is 4.74 Å². The summed E-state index contributed by atoms with van der Waals surface area (Å²) in [6.07, 6.45) is 5.03. The van der Waals surface area contributed by atoms with Crippen molar-refractivity contribution in [2.75, 3.05) is 37.6 Å². The number of ether oxygens (including phenoxy) is 1. The van der Waals surface area contributed by atoms with Crippen LogP contribution in [0.2, 0.25) is 0 Å². The number of amides is 1. The number of fused-ring (bicyclic) bond motifs is 1. The third-order valence-corrected chi connectivity index (χ3v) is 6.57. The first-order valence-corrected chi connectivity index (χ1v) is 10.6. The van der Waals surface area contributed by atoms with Crippen molar-refractivity contribution in [1.82, 2.24) is 14.8 Å². The third kappa shape index (κ3) is 3.86. The van der Waals surface area contributed by atoms with Crippen molar-refractivity contribution in [2.24, 2.45) is 0 Å². The molecule has 1 spiro atoms. The van der Waals surface area contributed by atoms with Crippen molar-refractivity contribution in [3.05, 3.63) is 64.5 Å². The standard InChI is InChI=1S/C22H25N5O4/c28-20-14-24(13-17-3-1-2-4-19(17)27(29)30)15-21-26(20)16-22(31-21)7-11-25(12-8-22)18-5-9-23-10-6-18/h1-6,9-10,21H,7-8,11-16H2. The number of carbonyl (C=O) groups is 1. The minimum Gasteiger partial charge on any atom is -0.371 e. The van der Waals surface area contributed by atoms with E-state index in [0.717, 1.165) is 31.6 Å². The number of anilines is 1. The molecule has 4 heterocycles. The predicted molar refractivity (Wildman–Crippen MR) is 113 cm³/mol. The summed E-state index contributed by atoms with van der Waals surface area (Å²) in [5.74, 6) is 0.0308. The number of nitro groups is 1. The summed E-state index contributed by atoms with van der Waals surface area (Å²) in [6, 6.07) is 10.7. The average Bonchev–Trinajstić information content (AvgIpc) is 3.13. The number of piperazine rings is 1. The number of rotatable bonds is 4. The summed E-state index contributed by atoms with van der Waals surface area (Å²) in [4.78, 5) is 34.0. The number of aromatic nitrogens is 1. The van der Waals surface area contributed by atoms with Gasteiger partial charge in [0, 0.05) is 55.9 Å². The molecule has 162 valence electrons. The zero-order chi connectivity index (χ0) is 21.4. The van der Waals surface area contributed by atoms with Crippen LogP contribution in [0.4, 0.5) is 11.4 Å². The fraction of sp³-hybridized carbons (Fsp3) is 0.455. The largest absolute Gasteiger partial charge is 0.371 e. The van der Waals surface area contributed by atoms with Gasteiger partial charge >= 0.3 is 0 Å². The SMILES string of the molecule is O=C1CN(Cc2ccccc2[N+](=O)[O-])CC2OC3(CCN(c4ccncc4)CC3)CN12. The molecule has 1 aromatic heterocycles. The highest BCUT2D eigenvalue weighted by atomic mass is 16.6. The van der Waals surface area contributed by atoms with Crippen molar-refractivity contribution in [3.8, 4) is 0 Å². The van der Waals surface area contributed by atoms with Gasteiger partial charge in [-0.15, -0.1) is 0 Å². The Morgan fingerprint density at radius 2 is 1.90 bits per heavy atom. The fourth-order valence-corrected chi connectivity index (χ4v) is 4.94. The van der Waals surface area contributed by atoms with Gasteiger partial charge in [0.1, 0.15) is 6.23 Å². The third-order valence-electron chi connectivity index (χ3n) is 6.57. The van der Waals surface area contributed by atoms with Crippen LogP contribution in [0.25, 0.3) is 0 Å². The second-order valence-corrected chi connectivity index (χ2v) is 8.53. The molecule has 1 aromatic carbocycles. The van der Waals surface area contributed by atoms with Gasteiger partial charge in [-0.2, -0.15) is 0 Å². The maximum Gasteiger partial charge on any atom is 0.273 e. The van der Waals surface area contributed by atoms with Crippen LogP contribution in [-0.4, -0.2) is 70.2 Å². The van der Waals surface area contributed by atoms with E-state index in [0.29, 0.717) is 25.2 Å². The molecule has 2 aromatic rings. The van der Waals surface area contributed by atoms with Crippen LogP contribution in [0.1, 0.15) is 18.4 Å². The molecule has 5 rings (SSSR count). The van der Waals surface area contributed by atoms with Gasteiger partial charge in [-0.05, 0) is 25.0 Å². The van der Waals surface area contributed by atoms with Gasteiger partial charge in [-0.1, -0.05) is 18.2 Å². The Balaban J connectivity index is 1.25. The Bertz CT molecular complexity index is 977. The average molecular weight is 423 g/mol. The monoisotopic (exact) mass is 423 g/mol. The highest BCUT2D eigenvalue weighted by Gasteiger charge is 2.50. The number of nitrogens with zero attached hydrogens (tertiary/aromatic N) is 5. The van der Waals surface area contributed by atoms with Gasteiger partial charge in [-0.3, -0.25) is 24.8 Å². The molecule has 1 atom stereocenters. The number of carbonyl (C=O) groups excluding carboxylic acids is 1. The van der Waals surface area contributed by atoms with E-state index in [9.17, 15) is 14.9 Å². The number of pyridine rings is 1. The van der Waals surface area contributed by atoms with Crippen LogP contribution in [0.15, 0.2) is 48.8 Å². The van der Waals surface area contributed by atoms with Crippen LogP contribution >= 0.6 is 0 Å². The fourth-order valence-electron chi connectivity index (χ4n) is 4.94. The number of para-hydroxylation sites is 1. The Kier molecular flexibility index (Phi) is 5.07. The number of nitro benzene ring substituents is 1. The first kappa shape index (κ1) is 19.9. The zero-order valence-electron chi connectivity index (χ0n) is 17.2. The van der Waals surface area contributed by atoms with E-state index >= 15 is 0 Å². The Morgan fingerprint density at radius 3 is 2.65 bits per heavy atom. The van der Waals surface area contributed by atoms with Crippen LogP contribution in [0, 0.1) is 10.1 Å². The van der Waals surface area contributed by atoms with E-state index in [1.807, 2.05) is 21.9 Å². The van der Waals surface area contributed by atoms with Crippen molar-refractivity contribution < 1.29 is 14.5 Å². The highest BCUT2D eigenvalue weighted by molar-refractivity contribution is 5.79. The summed E-state index contributed by atoms with van der Waals surface area (Å²) in [7, 11) is 0. The van der Waals surface area contributed by atoms with Crippen molar-refractivity contribution in [1.29, 1.82) is 0 Å². The summed E-state index contributed by atoms with van der Waals surface area (Å²) in [5, 5.41) is 11.3. The van der Waals surface area contributed by atoms with Crippen molar-refractivity contribution in [2.45, 2.75) is 31.2 Å². The lowest BCUT2D eigenvalue weighted by atomic mass is 9.91. The van der Waals surface area contributed by atoms with E-state index in [2.05, 4.69) is 9.88 Å². The summed E-state index contributed by atoms with van der Waals surface area (Å²) < 4.78 is 6.48. The quantitative estimate of drug-likeness (QED) is 0.549. The van der Waals surface area contributed by atoms with Gasteiger partial charge in [0.15, 0.2) is 0 Å². The normalized spacial score (nSPS) is 23.2. The van der Waals surface area contributed by atoms with E-state index < -0.39 is 0 Å². The molecule has 9 nitrogen and oxygen atoms in total. The number of benzene rings is 1. The smallest absolute Gasteiger partial charge is 0.273 e. The molecule has 3 saturated heterocycles. The Labute approximate surface area is 180 Å². The lowest BCUT2D eigenvalue weighted by Gasteiger charge is -2.39. The highest BCUT2D eigenvalue weighted by Crippen LogP contribution is 2.38. The molecule has 0 saturated carbocycles. The van der Waals surface area contributed by atoms with E-state index in [1.165, 1.54) is 6.07 Å².